The highest BCUT2D eigenvalue weighted by molar-refractivity contribution is 9.10. The van der Waals surface area contributed by atoms with Crippen LogP contribution < -0.4 is 0 Å². The van der Waals surface area contributed by atoms with E-state index in [1.54, 1.807) is 0 Å². The summed E-state index contributed by atoms with van der Waals surface area (Å²) >= 11 is 9.36. The molecule has 0 saturated heterocycles. The number of rotatable bonds is 4. The quantitative estimate of drug-likeness (QED) is 0.742. The number of nitrogens with zero attached hydrogens (tertiary/aromatic N) is 1. The van der Waals surface area contributed by atoms with Crippen LogP contribution >= 0.6 is 27.5 Å². The van der Waals surface area contributed by atoms with Gasteiger partial charge in [-0.25, -0.2) is 0 Å². The van der Waals surface area contributed by atoms with E-state index in [1.807, 2.05) is 30.0 Å². The fourth-order valence-electron chi connectivity index (χ4n) is 2.71. The molecule has 0 heterocycles. The third-order valence-electron chi connectivity index (χ3n) is 3.71. The Morgan fingerprint density at radius 1 is 1.42 bits per heavy atom. The number of aryl methyl sites for hydroxylation is 1. The Morgan fingerprint density at radius 2 is 2.11 bits per heavy atom. The number of carbonyl (C=O) groups excluding carboxylic acids is 1. The molecule has 2 nitrogen and oxygen atoms in total. The van der Waals surface area contributed by atoms with Crippen molar-refractivity contribution in [3.8, 4) is 0 Å². The van der Waals surface area contributed by atoms with Gasteiger partial charge in [0.1, 0.15) is 0 Å². The van der Waals surface area contributed by atoms with E-state index in [1.165, 1.54) is 12.8 Å². The van der Waals surface area contributed by atoms with Crippen molar-refractivity contribution in [2.75, 3.05) is 12.4 Å². The maximum Gasteiger partial charge on any atom is 0.255 e. The van der Waals surface area contributed by atoms with Gasteiger partial charge in [-0.05, 0) is 53.4 Å². The molecule has 4 heteroatoms. The Bertz CT molecular complexity index is 457. The van der Waals surface area contributed by atoms with Crippen LogP contribution in [0, 0.1) is 6.92 Å². The number of halogens is 2. The Hall–Kier alpha value is -0.540. The second-order valence-electron chi connectivity index (χ2n) is 5.11. The summed E-state index contributed by atoms with van der Waals surface area (Å²) in [6, 6.07) is 6.23. The molecule has 0 aliphatic heterocycles. The minimum atomic E-state index is 0.0967. The summed E-state index contributed by atoms with van der Waals surface area (Å²) in [5.74, 6) is 0.588. The molecule has 0 unspecified atom stereocenters. The molecule has 0 spiro atoms. The minimum Gasteiger partial charge on any atom is -0.334 e. The van der Waals surface area contributed by atoms with Gasteiger partial charge in [0.15, 0.2) is 0 Å². The number of carbonyl (C=O) groups is 1. The molecule has 1 aliphatic rings. The van der Waals surface area contributed by atoms with Crippen LogP contribution in [0.3, 0.4) is 0 Å². The lowest BCUT2D eigenvalue weighted by molar-refractivity contribution is 0.0694. The Balaban J connectivity index is 2.22. The number of hydrogen-bond acceptors (Lipinski definition) is 1. The van der Waals surface area contributed by atoms with Crippen LogP contribution in [0.5, 0.6) is 0 Å². The first-order valence-electron chi connectivity index (χ1n) is 6.76. The van der Waals surface area contributed by atoms with Crippen LogP contribution in [0.4, 0.5) is 0 Å². The molecule has 1 aromatic carbocycles. The van der Waals surface area contributed by atoms with Gasteiger partial charge in [-0.15, -0.1) is 11.6 Å². The van der Waals surface area contributed by atoms with Gasteiger partial charge in [-0.2, -0.15) is 0 Å². The predicted octanol–water partition coefficient (Wildman–Crippen LogP) is 4.38. The zero-order valence-electron chi connectivity index (χ0n) is 11.2. The normalized spacial score (nSPS) is 15.7. The Morgan fingerprint density at radius 3 is 2.68 bits per heavy atom. The summed E-state index contributed by atoms with van der Waals surface area (Å²) in [6.07, 6.45) is 4.63. The average Bonchev–Trinajstić information content (AvgIpc) is 2.89. The highest BCUT2D eigenvalue weighted by Crippen LogP contribution is 2.27. The van der Waals surface area contributed by atoms with Crippen LogP contribution in [0.25, 0.3) is 0 Å². The summed E-state index contributed by atoms with van der Waals surface area (Å²) < 4.78 is 0.870. The zero-order chi connectivity index (χ0) is 13.8. The predicted molar refractivity (Wildman–Crippen MR) is 82.9 cm³/mol. The monoisotopic (exact) mass is 343 g/mol. The van der Waals surface area contributed by atoms with Crippen molar-refractivity contribution in [3.05, 3.63) is 33.8 Å². The molecular weight excluding hydrogens is 326 g/mol. The fraction of sp³-hybridized carbons (Fsp3) is 0.533. The van der Waals surface area contributed by atoms with Crippen molar-refractivity contribution in [1.29, 1.82) is 0 Å². The standard InChI is InChI=1S/C15H19BrClNO/c1-11-6-7-13(14(16)10-11)15(19)18(9-8-17)12-4-2-3-5-12/h6-7,10,12H,2-5,8-9H2,1H3. The molecule has 2 rings (SSSR count). The molecule has 19 heavy (non-hydrogen) atoms. The van der Waals surface area contributed by atoms with Crippen LogP contribution in [0.15, 0.2) is 22.7 Å². The van der Waals surface area contributed by atoms with Crippen molar-refractivity contribution in [2.24, 2.45) is 0 Å². The van der Waals surface area contributed by atoms with Gasteiger partial charge in [0.25, 0.3) is 5.91 Å². The van der Waals surface area contributed by atoms with E-state index >= 15 is 0 Å². The molecule has 0 N–H and O–H groups in total. The van der Waals surface area contributed by atoms with Gasteiger partial charge in [-0.1, -0.05) is 18.9 Å². The summed E-state index contributed by atoms with van der Waals surface area (Å²) in [7, 11) is 0. The van der Waals surface area contributed by atoms with Crippen LogP contribution in [-0.2, 0) is 0 Å². The molecule has 1 fully saturated rings. The number of hydrogen-bond donors (Lipinski definition) is 0. The molecular formula is C15H19BrClNO. The van der Waals surface area contributed by atoms with E-state index in [0.29, 0.717) is 18.5 Å². The Kier molecular flexibility index (Phi) is 5.28. The summed E-state index contributed by atoms with van der Waals surface area (Å²) in [4.78, 5) is 14.6. The average molecular weight is 345 g/mol. The van der Waals surface area contributed by atoms with E-state index in [4.69, 9.17) is 11.6 Å². The maximum absolute atomic E-state index is 12.7. The van der Waals surface area contributed by atoms with Crippen LogP contribution in [-0.4, -0.2) is 29.3 Å². The number of alkyl halides is 1. The molecule has 1 saturated carbocycles. The molecule has 1 amide bonds. The van der Waals surface area contributed by atoms with Crippen LogP contribution in [0.2, 0.25) is 0 Å². The molecule has 1 aliphatic carbocycles. The van der Waals surface area contributed by atoms with Crippen molar-refractivity contribution < 1.29 is 4.79 Å². The first kappa shape index (κ1) is 14.9. The summed E-state index contributed by atoms with van der Waals surface area (Å²) in [5, 5.41) is 0. The van der Waals surface area contributed by atoms with Gasteiger partial charge in [0.05, 0.1) is 5.56 Å². The van der Waals surface area contributed by atoms with Gasteiger partial charge in [0, 0.05) is 22.9 Å². The molecule has 0 radical (unpaired) electrons. The third-order valence-corrected chi connectivity index (χ3v) is 4.53. The molecule has 0 aromatic heterocycles. The van der Waals surface area contributed by atoms with Crippen molar-refractivity contribution in [2.45, 2.75) is 38.6 Å². The highest BCUT2D eigenvalue weighted by Gasteiger charge is 2.27. The first-order valence-corrected chi connectivity index (χ1v) is 8.09. The highest BCUT2D eigenvalue weighted by atomic mass is 79.9. The lowest BCUT2D eigenvalue weighted by Gasteiger charge is -2.28. The van der Waals surface area contributed by atoms with E-state index in [9.17, 15) is 4.79 Å². The van der Waals surface area contributed by atoms with E-state index in [0.717, 1.165) is 28.4 Å². The largest absolute Gasteiger partial charge is 0.334 e. The lowest BCUT2D eigenvalue weighted by Crippen LogP contribution is -2.40. The Labute approximate surface area is 128 Å². The van der Waals surface area contributed by atoms with E-state index < -0.39 is 0 Å². The molecule has 104 valence electrons. The van der Waals surface area contributed by atoms with E-state index in [2.05, 4.69) is 15.9 Å². The van der Waals surface area contributed by atoms with Gasteiger partial charge >= 0.3 is 0 Å². The van der Waals surface area contributed by atoms with Crippen LogP contribution in [0.1, 0.15) is 41.6 Å². The minimum absolute atomic E-state index is 0.0967. The molecule has 0 bridgehead atoms. The molecule has 1 aromatic rings. The SMILES string of the molecule is Cc1ccc(C(=O)N(CCCl)C2CCCC2)c(Br)c1. The number of benzene rings is 1. The second-order valence-corrected chi connectivity index (χ2v) is 6.34. The van der Waals surface area contributed by atoms with E-state index in [-0.39, 0.29) is 5.91 Å². The fourth-order valence-corrected chi connectivity index (χ4v) is 3.55. The molecule has 0 atom stereocenters. The number of amides is 1. The lowest BCUT2D eigenvalue weighted by atomic mass is 10.1. The second kappa shape index (κ2) is 6.76. The maximum atomic E-state index is 12.7. The van der Waals surface area contributed by atoms with Crippen molar-refractivity contribution in [1.82, 2.24) is 4.90 Å². The first-order chi connectivity index (χ1) is 9.13. The summed E-state index contributed by atoms with van der Waals surface area (Å²) in [6.45, 7) is 2.65. The van der Waals surface area contributed by atoms with Gasteiger partial charge in [0.2, 0.25) is 0 Å². The van der Waals surface area contributed by atoms with Gasteiger partial charge < -0.3 is 4.90 Å². The zero-order valence-corrected chi connectivity index (χ0v) is 13.5. The smallest absolute Gasteiger partial charge is 0.255 e. The summed E-state index contributed by atoms with van der Waals surface area (Å²) in [5.41, 5.74) is 1.89. The van der Waals surface area contributed by atoms with Crippen molar-refractivity contribution in [3.63, 3.8) is 0 Å². The third kappa shape index (κ3) is 3.51. The van der Waals surface area contributed by atoms with Gasteiger partial charge in [-0.3, -0.25) is 4.79 Å². The topological polar surface area (TPSA) is 20.3 Å². The van der Waals surface area contributed by atoms with Crippen molar-refractivity contribution >= 4 is 33.4 Å².